The van der Waals surface area contributed by atoms with Crippen molar-refractivity contribution in [2.24, 2.45) is 5.84 Å². The van der Waals surface area contributed by atoms with Crippen molar-refractivity contribution in [1.29, 1.82) is 0 Å². The number of hydrogen-bond acceptors (Lipinski definition) is 4. The van der Waals surface area contributed by atoms with E-state index in [-0.39, 0.29) is 21.5 Å². The number of hydrazine groups is 1. The van der Waals surface area contributed by atoms with Crippen LogP contribution >= 0.6 is 22.6 Å². The zero-order valence-electron chi connectivity index (χ0n) is 10.9. The van der Waals surface area contributed by atoms with E-state index in [2.05, 4.69) is 50.5 Å². The van der Waals surface area contributed by atoms with Crippen LogP contribution in [0.4, 0.5) is 5.69 Å². The maximum atomic E-state index is 5.81. The van der Waals surface area contributed by atoms with Gasteiger partial charge >= 0.3 is 139 Å². The average molecular weight is 485 g/mol. The van der Waals surface area contributed by atoms with Gasteiger partial charge in [-0.1, -0.05) is 0 Å². The Kier molecular flexibility index (Phi) is 4.52. The molecule has 0 spiro atoms. The van der Waals surface area contributed by atoms with Crippen LogP contribution in [0, 0.1) is 10.5 Å². The second-order valence-electron chi connectivity index (χ2n) is 5.21. The summed E-state index contributed by atoms with van der Waals surface area (Å²) in [6, 6.07) is 5.18. The zero-order chi connectivity index (χ0) is 13.4. The predicted molar refractivity (Wildman–Crippen MR) is 82.2 cm³/mol. The molecule has 19 heavy (non-hydrogen) atoms. The van der Waals surface area contributed by atoms with Crippen molar-refractivity contribution in [1.82, 2.24) is 8.54 Å². The Morgan fingerprint density at radius 2 is 2.11 bits per heavy atom. The summed E-state index contributed by atoms with van der Waals surface area (Å²) in [5.74, 6) is 5.81. The van der Waals surface area contributed by atoms with Gasteiger partial charge in [-0.2, -0.15) is 0 Å². The van der Waals surface area contributed by atoms with Gasteiger partial charge in [0.05, 0.1) is 0 Å². The molecule has 0 aliphatic carbocycles. The van der Waals surface area contributed by atoms with Crippen molar-refractivity contribution in [3.8, 4) is 0 Å². The molecule has 4 nitrogen and oxygen atoms in total. The molecule has 0 radical (unpaired) electrons. The van der Waals surface area contributed by atoms with Crippen LogP contribution in [-0.2, 0) is 0 Å². The van der Waals surface area contributed by atoms with Gasteiger partial charge in [0.25, 0.3) is 0 Å². The zero-order valence-corrected chi connectivity index (χ0v) is 15.2. The summed E-state index contributed by atoms with van der Waals surface area (Å²) in [7, 11) is 0. The van der Waals surface area contributed by atoms with Gasteiger partial charge in [0.15, 0.2) is 0 Å². The number of nitrogens with zero attached hydrogens (tertiary/aromatic N) is 1. The third-order valence-electron chi connectivity index (χ3n) is 3.78. The van der Waals surface area contributed by atoms with Crippen LogP contribution in [0.5, 0.6) is 0 Å². The molecule has 2 aliphatic heterocycles. The Bertz CT molecular complexity index is 468. The first-order valence-electron chi connectivity index (χ1n) is 6.57. The second-order valence-corrected chi connectivity index (χ2v) is 8.86. The van der Waals surface area contributed by atoms with Gasteiger partial charge in [-0.05, 0) is 0 Å². The molecule has 3 rings (SSSR count). The topological polar surface area (TPSA) is 63.2 Å². The predicted octanol–water partition coefficient (Wildman–Crippen LogP) is -1.04. The summed E-state index contributed by atoms with van der Waals surface area (Å²) in [6.07, 6.45) is 2.26. The summed E-state index contributed by atoms with van der Waals surface area (Å²) < 4.78 is 5.56. The number of hydrogen-bond donors (Lipinski definition) is 3. The molecule has 0 amide bonds. The molecule has 1 aromatic rings. The van der Waals surface area contributed by atoms with Gasteiger partial charge in [-0.25, -0.2) is 0 Å². The van der Waals surface area contributed by atoms with E-state index in [1.54, 1.807) is 0 Å². The first-order valence-corrected chi connectivity index (χ1v) is 9.98. The van der Waals surface area contributed by atoms with E-state index < -0.39 is 0 Å². The summed E-state index contributed by atoms with van der Waals surface area (Å²) in [4.78, 5) is 0. The second kappa shape index (κ2) is 6.00. The van der Waals surface area contributed by atoms with E-state index in [1.165, 1.54) is 20.4 Å². The quantitative estimate of drug-likeness (QED) is 0.128. The molecule has 0 bridgehead atoms. The van der Waals surface area contributed by atoms with Crippen LogP contribution in [0.25, 0.3) is 0 Å². The van der Waals surface area contributed by atoms with Gasteiger partial charge in [-0.15, -0.1) is 0 Å². The van der Waals surface area contributed by atoms with Gasteiger partial charge in [0.1, 0.15) is 0 Å². The van der Waals surface area contributed by atoms with E-state index in [0.29, 0.717) is 10.1 Å². The van der Waals surface area contributed by atoms with Crippen LogP contribution in [0.1, 0.15) is 28.0 Å². The Balaban J connectivity index is 1.73. The third kappa shape index (κ3) is 3.52. The minimum atomic E-state index is 0.222. The molecule has 4 N–H and O–H groups in total. The Labute approximate surface area is 138 Å². The molecule has 1 aromatic carbocycles. The van der Waals surface area contributed by atoms with Crippen LogP contribution in [-0.4, -0.2) is 24.1 Å². The van der Waals surface area contributed by atoms with Gasteiger partial charge < -0.3 is 0 Å². The van der Waals surface area contributed by atoms with Crippen LogP contribution in [0.15, 0.2) is 12.1 Å². The van der Waals surface area contributed by atoms with Gasteiger partial charge in [0, 0.05) is 0 Å². The number of alkyl halides is 1. The fraction of sp³-hybridized carbons (Fsp3) is 0.538. The van der Waals surface area contributed by atoms with Gasteiger partial charge in [-0.3, -0.25) is 0 Å². The van der Waals surface area contributed by atoms with E-state index in [9.17, 15) is 0 Å². The van der Waals surface area contributed by atoms with Crippen LogP contribution < -0.4 is 36.2 Å². The number of anilines is 1. The molecule has 2 heterocycles. The van der Waals surface area contributed by atoms with E-state index in [1.807, 2.05) is 5.01 Å². The van der Waals surface area contributed by atoms with E-state index in [4.69, 9.17) is 5.84 Å². The summed E-state index contributed by atoms with van der Waals surface area (Å²) in [5.41, 5.74) is 4.22. The first kappa shape index (κ1) is 14.3. The summed E-state index contributed by atoms with van der Waals surface area (Å²) >= 11 is 2.67. The van der Waals surface area contributed by atoms with Crippen molar-refractivity contribution in [3.05, 3.63) is 26.8 Å². The first-order chi connectivity index (χ1) is 9.13. The molecule has 1 unspecified atom stereocenters. The number of benzene rings is 1. The molecule has 106 valence electrons. The number of halogens is 2. The van der Waals surface area contributed by atoms with Crippen LogP contribution in [0.3, 0.4) is 0 Å². The number of nitrogens with two attached hydrogens (primary N) is 1. The van der Waals surface area contributed by atoms with Crippen molar-refractivity contribution in [3.63, 3.8) is 0 Å². The number of nitrogens with one attached hydrogen (secondary N) is 2. The van der Waals surface area contributed by atoms with Crippen molar-refractivity contribution in [2.75, 3.05) is 18.4 Å². The molecular formula is C13H19I2N4-. The van der Waals surface area contributed by atoms with E-state index in [0.717, 1.165) is 25.9 Å². The molecule has 0 aromatic heterocycles. The Hall–Kier alpha value is 0.360. The average Bonchev–Trinajstić information content (AvgIpc) is 3.21. The standard InChI is InChI=1S/C13H19I2N4/c1-8-11(13-15-18-13)6-10(7-12(8)14)17-9-2-4-19(16)5-3-9/h6-7,9,13,17-18H,2-5,16H2,1H3/q-1. The molecule has 0 saturated carbocycles. The maximum absolute atomic E-state index is 5.81. The van der Waals surface area contributed by atoms with E-state index >= 15 is 0 Å². The Morgan fingerprint density at radius 1 is 1.42 bits per heavy atom. The fourth-order valence-corrected chi connectivity index (χ4v) is 4.62. The molecular weight excluding hydrogens is 466 g/mol. The summed E-state index contributed by atoms with van der Waals surface area (Å²) in [5, 5.41) is 5.61. The van der Waals surface area contributed by atoms with Crippen LogP contribution in [0.2, 0.25) is 0 Å². The van der Waals surface area contributed by atoms with Crippen molar-refractivity contribution in [2.45, 2.75) is 29.9 Å². The fourth-order valence-electron chi connectivity index (χ4n) is 2.48. The molecule has 2 saturated heterocycles. The van der Waals surface area contributed by atoms with Gasteiger partial charge in [0.2, 0.25) is 0 Å². The van der Waals surface area contributed by atoms with Crippen molar-refractivity contribution >= 4 is 28.3 Å². The Morgan fingerprint density at radius 3 is 2.74 bits per heavy atom. The molecule has 1 atom stereocenters. The molecule has 2 aliphatic rings. The minimum absolute atomic E-state index is 0.222. The molecule has 6 heteroatoms. The summed E-state index contributed by atoms with van der Waals surface area (Å²) in [6.45, 7) is 4.21. The van der Waals surface area contributed by atoms with Crippen molar-refractivity contribution < 1.29 is 21.5 Å². The normalized spacial score (nSPS) is 24.9. The number of rotatable bonds is 3. The number of piperidine rings is 1. The SMILES string of the molecule is Cc1c(I)cc(NC2CCN(N)CC2)cc1C1N[I-]1. The third-order valence-corrected chi connectivity index (χ3v) is 6.81. The monoisotopic (exact) mass is 485 g/mol. The molecule has 2 fully saturated rings.